The Balaban J connectivity index is 2.04. The molecule has 5 nitrogen and oxygen atoms in total. The van der Waals surface area contributed by atoms with Crippen molar-refractivity contribution < 1.29 is 0 Å². The smallest absolute Gasteiger partial charge is 0.0931 e. The van der Waals surface area contributed by atoms with Gasteiger partial charge in [-0.1, -0.05) is 6.07 Å². The molecule has 19 heavy (non-hydrogen) atoms. The van der Waals surface area contributed by atoms with Gasteiger partial charge < -0.3 is 10.3 Å². The van der Waals surface area contributed by atoms with E-state index in [1.54, 1.807) is 6.33 Å². The van der Waals surface area contributed by atoms with Gasteiger partial charge in [-0.3, -0.25) is 4.68 Å². The summed E-state index contributed by atoms with van der Waals surface area (Å²) < 4.78 is 1.87. The van der Waals surface area contributed by atoms with Gasteiger partial charge in [0.25, 0.3) is 0 Å². The van der Waals surface area contributed by atoms with Crippen molar-refractivity contribution in [3.8, 4) is 11.1 Å². The number of aromatic nitrogens is 4. The quantitative estimate of drug-likeness (QED) is 0.746. The van der Waals surface area contributed by atoms with Crippen LogP contribution in [-0.4, -0.2) is 33.3 Å². The molecule has 0 aliphatic carbocycles. The van der Waals surface area contributed by atoms with Crippen LogP contribution in [0, 0.1) is 0 Å². The van der Waals surface area contributed by atoms with Gasteiger partial charge in [0.15, 0.2) is 0 Å². The number of likely N-dealkylation sites (N-methyl/N-ethyl adjacent to an activating group) is 1. The molecule has 0 unspecified atom stereocenters. The van der Waals surface area contributed by atoms with Crippen LogP contribution in [0.2, 0.25) is 0 Å². The molecule has 0 aliphatic rings. The molecule has 2 heterocycles. The third-order valence-corrected chi connectivity index (χ3v) is 3.25. The molecule has 1 aromatic carbocycles. The number of hydrogen-bond donors (Lipinski definition) is 2. The van der Waals surface area contributed by atoms with Crippen LogP contribution in [0.1, 0.15) is 5.69 Å². The molecular formula is C14H17N5. The number of imidazole rings is 1. The summed E-state index contributed by atoms with van der Waals surface area (Å²) in [5.74, 6) is 0. The van der Waals surface area contributed by atoms with E-state index in [-0.39, 0.29) is 0 Å². The highest BCUT2D eigenvalue weighted by Crippen LogP contribution is 2.25. The predicted molar refractivity (Wildman–Crippen MR) is 75.9 cm³/mol. The second-order valence-corrected chi connectivity index (χ2v) is 4.65. The maximum atomic E-state index is 4.54. The van der Waals surface area contributed by atoms with Crippen LogP contribution in [0.3, 0.4) is 0 Å². The molecule has 98 valence electrons. The first-order valence-electron chi connectivity index (χ1n) is 6.38. The first kappa shape index (κ1) is 11.9. The van der Waals surface area contributed by atoms with E-state index in [1.807, 2.05) is 24.8 Å². The van der Waals surface area contributed by atoms with Crippen LogP contribution in [0.15, 0.2) is 30.7 Å². The van der Waals surface area contributed by atoms with Gasteiger partial charge in [-0.25, -0.2) is 4.98 Å². The highest BCUT2D eigenvalue weighted by Gasteiger charge is 2.10. The molecule has 0 radical (unpaired) electrons. The summed E-state index contributed by atoms with van der Waals surface area (Å²) >= 11 is 0. The lowest BCUT2D eigenvalue weighted by atomic mass is 10.0. The fourth-order valence-corrected chi connectivity index (χ4v) is 2.31. The number of nitrogens with one attached hydrogen (secondary N) is 2. The van der Waals surface area contributed by atoms with E-state index in [1.165, 1.54) is 11.1 Å². The van der Waals surface area contributed by atoms with Crippen LogP contribution in [0.25, 0.3) is 22.2 Å². The van der Waals surface area contributed by atoms with Gasteiger partial charge in [0.05, 0.1) is 23.1 Å². The summed E-state index contributed by atoms with van der Waals surface area (Å²) in [7, 11) is 3.92. The van der Waals surface area contributed by atoms with E-state index in [4.69, 9.17) is 0 Å². The fraction of sp³-hybridized carbons (Fsp3) is 0.286. The third-order valence-electron chi connectivity index (χ3n) is 3.25. The lowest BCUT2D eigenvalue weighted by Gasteiger charge is -2.02. The maximum absolute atomic E-state index is 4.54. The minimum absolute atomic E-state index is 0.924. The molecule has 3 rings (SSSR count). The largest absolute Gasteiger partial charge is 0.345 e. The van der Waals surface area contributed by atoms with Gasteiger partial charge in [0, 0.05) is 31.8 Å². The van der Waals surface area contributed by atoms with E-state index in [9.17, 15) is 0 Å². The van der Waals surface area contributed by atoms with Crippen LogP contribution < -0.4 is 5.32 Å². The number of aromatic amines is 1. The van der Waals surface area contributed by atoms with Crippen LogP contribution >= 0.6 is 0 Å². The Morgan fingerprint density at radius 2 is 2.26 bits per heavy atom. The summed E-state index contributed by atoms with van der Waals surface area (Å²) in [6, 6.07) is 6.27. The van der Waals surface area contributed by atoms with Crippen LogP contribution in [0.4, 0.5) is 0 Å². The van der Waals surface area contributed by atoms with Crippen molar-refractivity contribution in [2.45, 2.75) is 6.42 Å². The second-order valence-electron chi connectivity index (χ2n) is 4.65. The van der Waals surface area contributed by atoms with Gasteiger partial charge in [-0.2, -0.15) is 5.10 Å². The zero-order valence-corrected chi connectivity index (χ0v) is 11.1. The first-order valence-corrected chi connectivity index (χ1v) is 6.38. The molecule has 0 bridgehead atoms. The number of fused-ring (bicyclic) bond motifs is 1. The van der Waals surface area contributed by atoms with Crippen molar-refractivity contribution in [3.63, 3.8) is 0 Å². The Bertz CT molecular complexity index is 695. The van der Waals surface area contributed by atoms with E-state index < -0.39 is 0 Å². The minimum atomic E-state index is 0.924. The monoisotopic (exact) mass is 255 g/mol. The molecule has 0 spiro atoms. The van der Waals surface area contributed by atoms with E-state index in [0.29, 0.717) is 0 Å². The Labute approximate surface area is 111 Å². The molecule has 0 saturated carbocycles. The van der Waals surface area contributed by atoms with Crippen LogP contribution in [-0.2, 0) is 13.5 Å². The number of H-pyrrole nitrogens is 1. The molecule has 2 aromatic heterocycles. The predicted octanol–water partition coefficient (Wildman–Crippen LogP) is 1.73. The lowest BCUT2D eigenvalue weighted by Crippen LogP contribution is -2.11. The number of nitrogens with zero attached hydrogens (tertiary/aromatic N) is 3. The summed E-state index contributed by atoms with van der Waals surface area (Å²) in [6.07, 6.45) is 4.72. The highest BCUT2D eigenvalue weighted by molar-refractivity contribution is 5.81. The third kappa shape index (κ3) is 2.24. The fourth-order valence-electron chi connectivity index (χ4n) is 2.31. The molecular weight excluding hydrogens is 238 g/mol. The van der Waals surface area contributed by atoms with E-state index in [0.717, 1.165) is 29.7 Å². The van der Waals surface area contributed by atoms with Crippen molar-refractivity contribution in [1.29, 1.82) is 0 Å². The zero-order valence-electron chi connectivity index (χ0n) is 11.1. The second kappa shape index (κ2) is 4.85. The number of rotatable bonds is 4. The van der Waals surface area contributed by atoms with Crippen molar-refractivity contribution >= 4 is 11.0 Å². The Morgan fingerprint density at radius 3 is 3.11 bits per heavy atom. The number of hydrogen-bond acceptors (Lipinski definition) is 3. The van der Waals surface area contributed by atoms with E-state index >= 15 is 0 Å². The Kier molecular flexibility index (Phi) is 3.05. The minimum Gasteiger partial charge on any atom is -0.345 e. The number of aryl methyl sites for hydroxylation is 1. The van der Waals surface area contributed by atoms with Gasteiger partial charge in [0.1, 0.15) is 0 Å². The van der Waals surface area contributed by atoms with Crippen molar-refractivity contribution in [1.82, 2.24) is 25.1 Å². The molecule has 0 amide bonds. The topological polar surface area (TPSA) is 58.5 Å². The van der Waals surface area contributed by atoms with Crippen LogP contribution in [0.5, 0.6) is 0 Å². The van der Waals surface area contributed by atoms with Crippen molar-refractivity contribution in [2.75, 3.05) is 13.6 Å². The lowest BCUT2D eigenvalue weighted by molar-refractivity contribution is 0.717. The Hall–Kier alpha value is -2.14. The first-order chi connectivity index (χ1) is 9.28. The van der Waals surface area contributed by atoms with Gasteiger partial charge in [0.2, 0.25) is 0 Å². The molecule has 0 fully saturated rings. The van der Waals surface area contributed by atoms with E-state index in [2.05, 4.69) is 38.7 Å². The molecule has 5 heteroatoms. The number of benzene rings is 1. The Morgan fingerprint density at radius 1 is 1.37 bits per heavy atom. The van der Waals surface area contributed by atoms with Gasteiger partial charge >= 0.3 is 0 Å². The summed E-state index contributed by atoms with van der Waals surface area (Å²) in [4.78, 5) is 7.39. The zero-order chi connectivity index (χ0) is 13.2. The molecule has 0 atom stereocenters. The standard InChI is InChI=1S/C14H17N5/c1-15-6-5-12-11(8-19(2)18-12)10-3-4-13-14(7-10)17-9-16-13/h3-4,7-9,15H,5-6H2,1-2H3,(H,16,17). The van der Waals surface area contributed by atoms with Crippen molar-refractivity contribution in [2.24, 2.45) is 7.05 Å². The van der Waals surface area contributed by atoms with Crippen molar-refractivity contribution in [3.05, 3.63) is 36.4 Å². The average Bonchev–Trinajstić information content (AvgIpc) is 3.01. The summed E-state index contributed by atoms with van der Waals surface area (Å²) in [5, 5.41) is 7.71. The molecule has 3 aromatic rings. The summed E-state index contributed by atoms with van der Waals surface area (Å²) in [5.41, 5.74) is 5.53. The van der Waals surface area contributed by atoms with Gasteiger partial charge in [-0.15, -0.1) is 0 Å². The molecule has 2 N–H and O–H groups in total. The molecule has 0 aliphatic heterocycles. The SMILES string of the molecule is CNCCc1nn(C)cc1-c1ccc2nc[nH]c2c1. The maximum Gasteiger partial charge on any atom is 0.0931 e. The normalized spacial score (nSPS) is 11.3. The van der Waals surface area contributed by atoms with Gasteiger partial charge in [-0.05, 0) is 24.7 Å². The average molecular weight is 255 g/mol. The highest BCUT2D eigenvalue weighted by atomic mass is 15.3. The summed E-state index contributed by atoms with van der Waals surface area (Å²) in [6.45, 7) is 0.927. The molecule has 0 saturated heterocycles.